The van der Waals surface area contributed by atoms with Crippen LogP contribution in [0.4, 0.5) is 0 Å². The van der Waals surface area contributed by atoms with Gasteiger partial charge >= 0.3 is 0 Å². The van der Waals surface area contributed by atoms with Crippen LogP contribution in [0, 0.1) is 0 Å². The number of nitrogens with zero attached hydrogens (tertiary/aromatic N) is 4. The Morgan fingerprint density at radius 1 is 1.00 bits per heavy atom. The molecular weight excluding hydrogens is 374 g/mol. The molecule has 7 heteroatoms. The van der Waals surface area contributed by atoms with Gasteiger partial charge in [0.05, 0.1) is 0 Å². The molecule has 30 heavy (non-hydrogen) atoms. The number of hydrogen-bond donors (Lipinski definition) is 3. The second-order valence-electron chi connectivity index (χ2n) is 7.61. The van der Waals surface area contributed by atoms with Gasteiger partial charge in [0.1, 0.15) is 6.33 Å². The van der Waals surface area contributed by atoms with E-state index in [-0.39, 0.29) is 0 Å². The van der Waals surface area contributed by atoms with Gasteiger partial charge in [-0.2, -0.15) is 5.10 Å². The van der Waals surface area contributed by atoms with Crippen molar-refractivity contribution in [2.75, 3.05) is 20.1 Å². The summed E-state index contributed by atoms with van der Waals surface area (Å²) in [5.41, 5.74) is 4.80. The van der Waals surface area contributed by atoms with Crippen LogP contribution in [0.1, 0.15) is 29.5 Å². The zero-order valence-corrected chi connectivity index (χ0v) is 17.4. The lowest BCUT2D eigenvalue weighted by atomic mass is 10.1. The van der Waals surface area contributed by atoms with Crippen LogP contribution >= 0.6 is 0 Å². The normalized spacial score (nSPS) is 14.8. The lowest BCUT2D eigenvalue weighted by Gasteiger charge is -2.15. The van der Waals surface area contributed by atoms with E-state index in [0.29, 0.717) is 6.54 Å². The molecule has 1 aromatic heterocycles. The highest BCUT2D eigenvalue weighted by molar-refractivity contribution is 5.79. The zero-order valence-electron chi connectivity index (χ0n) is 17.4. The van der Waals surface area contributed by atoms with Crippen molar-refractivity contribution in [1.29, 1.82) is 0 Å². The second-order valence-corrected chi connectivity index (χ2v) is 7.61. The summed E-state index contributed by atoms with van der Waals surface area (Å²) in [6, 6.07) is 17.1. The van der Waals surface area contributed by atoms with Gasteiger partial charge in [-0.05, 0) is 48.7 Å². The smallest absolute Gasteiger partial charge is 0.191 e. The van der Waals surface area contributed by atoms with Crippen molar-refractivity contribution in [2.24, 2.45) is 4.99 Å². The van der Waals surface area contributed by atoms with Gasteiger partial charge in [-0.3, -0.25) is 15.0 Å². The van der Waals surface area contributed by atoms with E-state index in [4.69, 9.17) is 0 Å². The summed E-state index contributed by atoms with van der Waals surface area (Å²) in [6.07, 6.45) is 4.18. The van der Waals surface area contributed by atoms with Crippen molar-refractivity contribution >= 4 is 5.96 Å². The molecule has 4 rings (SSSR count). The van der Waals surface area contributed by atoms with Crippen LogP contribution in [0.25, 0.3) is 11.4 Å². The van der Waals surface area contributed by atoms with E-state index < -0.39 is 0 Å². The maximum Gasteiger partial charge on any atom is 0.191 e. The number of aromatic nitrogens is 3. The minimum atomic E-state index is 0.677. The number of guanidine groups is 1. The van der Waals surface area contributed by atoms with Gasteiger partial charge in [0.25, 0.3) is 0 Å². The van der Waals surface area contributed by atoms with Crippen LogP contribution in [0.5, 0.6) is 0 Å². The van der Waals surface area contributed by atoms with Crippen LogP contribution < -0.4 is 10.6 Å². The third kappa shape index (κ3) is 5.45. The second kappa shape index (κ2) is 10.0. The largest absolute Gasteiger partial charge is 0.352 e. The predicted molar refractivity (Wildman–Crippen MR) is 120 cm³/mol. The molecule has 1 fully saturated rings. The van der Waals surface area contributed by atoms with E-state index in [1.807, 2.05) is 12.1 Å². The Hall–Kier alpha value is -3.19. The van der Waals surface area contributed by atoms with E-state index in [0.717, 1.165) is 36.0 Å². The summed E-state index contributed by atoms with van der Waals surface area (Å²) in [6.45, 7) is 4.93. The molecule has 0 aliphatic carbocycles. The van der Waals surface area contributed by atoms with Crippen molar-refractivity contribution in [2.45, 2.75) is 32.5 Å². The summed E-state index contributed by atoms with van der Waals surface area (Å²) < 4.78 is 0. The number of aliphatic imine (C=N–C) groups is 1. The Bertz CT molecular complexity index is 942. The van der Waals surface area contributed by atoms with Crippen LogP contribution in [-0.4, -0.2) is 46.2 Å². The molecule has 0 bridgehead atoms. The van der Waals surface area contributed by atoms with Gasteiger partial charge in [0.15, 0.2) is 11.8 Å². The molecule has 2 aromatic carbocycles. The molecule has 0 saturated carbocycles. The van der Waals surface area contributed by atoms with Crippen molar-refractivity contribution in [3.8, 4) is 11.4 Å². The Morgan fingerprint density at radius 2 is 1.73 bits per heavy atom. The average molecular weight is 404 g/mol. The number of likely N-dealkylation sites (tertiary alicyclic amines) is 1. The van der Waals surface area contributed by atoms with Gasteiger partial charge in [-0.25, -0.2) is 4.98 Å². The lowest BCUT2D eigenvalue weighted by molar-refractivity contribution is 0.331. The molecular formula is C23H29N7. The van der Waals surface area contributed by atoms with Crippen LogP contribution in [0.15, 0.2) is 59.9 Å². The quantitative estimate of drug-likeness (QED) is 0.417. The first-order valence-corrected chi connectivity index (χ1v) is 10.5. The Kier molecular flexibility index (Phi) is 6.72. The molecule has 3 aromatic rings. The maximum atomic E-state index is 4.34. The number of H-pyrrole nitrogens is 1. The van der Waals surface area contributed by atoms with E-state index in [9.17, 15) is 0 Å². The van der Waals surface area contributed by atoms with Crippen molar-refractivity contribution in [1.82, 2.24) is 30.7 Å². The highest BCUT2D eigenvalue weighted by Gasteiger charge is 2.11. The number of nitrogens with one attached hydrogen (secondary N) is 3. The minimum absolute atomic E-state index is 0.677. The summed E-state index contributed by atoms with van der Waals surface area (Å²) in [5, 5.41) is 13.6. The van der Waals surface area contributed by atoms with E-state index in [2.05, 4.69) is 72.1 Å². The summed E-state index contributed by atoms with van der Waals surface area (Å²) >= 11 is 0. The van der Waals surface area contributed by atoms with E-state index in [1.54, 1.807) is 7.05 Å². The number of aromatic amines is 1. The van der Waals surface area contributed by atoms with Crippen LogP contribution in [0.3, 0.4) is 0 Å². The Balaban J connectivity index is 1.26. The Labute approximate surface area is 177 Å². The standard InChI is InChI=1S/C23H29N7/c1-24-23(26-15-20-5-4-6-21(13-20)22-27-17-28-29-22)25-14-18-7-9-19(10-8-18)16-30-11-2-3-12-30/h4-10,13,17H,2-3,11-12,14-16H2,1H3,(H2,24,25,26)(H,27,28,29). The zero-order chi connectivity index (χ0) is 20.6. The molecule has 0 unspecified atom stereocenters. The van der Waals surface area contributed by atoms with E-state index in [1.165, 1.54) is 43.4 Å². The molecule has 156 valence electrons. The maximum absolute atomic E-state index is 4.34. The molecule has 0 spiro atoms. The van der Waals surface area contributed by atoms with Crippen molar-refractivity contribution in [3.05, 3.63) is 71.5 Å². The summed E-state index contributed by atoms with van der Waals surface area (Å²) in [7, 11) is 1.79. The van der Waals surface area contributed by atoms with Crippen LogP contribution in [0.2, 0.25) is 0 Å². The fourth-order valence-electron chi connectivity index (χ4n) is 3.73. The first-order chi connectivity index (χ1) is 14.8. The highest BCUT2D eigenvalue weighted by atomic mass is 15.2. The topological polar surface area (TPSA) is 81.2 Å². The SMILES string of the molecule is CN=C(NCc1ccc(CN2CCCC2)cc1)NCc1cccc(-c2ncn[nH]2)c1. The average Bonchev–Trinajstić information content (AvgIpc) is 3.50. The minimum Gasteiger partial charge on any atom is -0.352 e. The van der Waals surface area contributed by atoms with Gasteiger partial charge in [0, 0.05) is 32.2 Å². The van der Waals surface area contributed by atoms with Gasteiger partial charge < -0.3 is 10.6 Å². The van der Waals surface area contributed by atoms with Gasteiger partial charge in [-0.15, -0.1) is 0 Å². The molecule has 1 aliphatic heterocycles. The molecule has 2 heterocycles. The molecule has 1 aliphatic rings. The predicted octanol–water partition coefficient (Wildman–Crippen LogP) is 2.93. The summed E-state index contributed by atoms with van der Waals surface area (Å²) in [5.74, 6) is 1.55. The molecule has 0 radical (unpaired) electrons. The highest BCUT2D eigenvalue weighted by Crippen LogP contribution is 2.15. The van der Waals surface area contributed by atoms with Crippen LogP contribution in [-0.2, 0) is 19.6 Å². The third-order valence-electron chi connectivity index (χ3n) is 5.39. The van der Waals surface area contributed by atoms with Crippen molar-refractivity contribution < 1.29 is 0 Å². The monoisotopic (exact) mass is 403 g/mol. The fraction of sp³-hybridized carbons (Fsp3) is 0.348. The molecule has 7 nitrogen and oxygen atoms in total. The molecule has 3 N–H and O–H groups in total. The Morgan fingerprint density at radius 3 is 2.43 bits per heavy atom. The molecule has 1 saturated heterocycles. The number of hydrogen-bond acceptors (Lipinski definition) is 4. The molecule has 0 amide bonds. The number of rotatable bonds is 7. The first-order valence-electron chi connectivity index (χ1n) is 10.5. The van der Waals surface area contributed by atoms with Crippen molar-refractivity contribution in [3.63, 3.8) is 0 Å². The fourth-order valence-corrected chi connectivity index (χ4v) is 3.73. The van der Waals surface area contributed by atoms with Gasteiger partial charge in [-0.1, -0.05) is 42.5 Å². The lowest BCUT2D eigenvalue weighted by Crippen LogP contribution is -2.36. The van der Waals surface area contributed by atoms with Gasteiger partial charge in [0.2, 0.25) is 0 Å². The third-order valence-corrected chi connectivity index (χ3v) is 5.39. The molecule has 0 atom stereocenters. The first kappa shape index (κ1) is 20.1. The summed E-state index contributed by atoms with van der Waals surface area (Å²) in [4.78, 5) is 11.1. The van der Waals surface area contributed by atoms with E-state index >= 15 is 0 Å². The number of benzene rings is 2.